The Morgan fingerprint density at radius 3 is 2.53 bits per heavy atom. The lowest BCUT2D eigenvalue weighted by atomic mass is 10.4. The molecule has 0 atom stereocenters. The first-order chi connectivity index (χ1) is 8.36. The molecule has 0 aliphatic carbocycles. The monoisotopic (exact) mass is 244 g/mol. The van der Waals surface area contributed by atoms with E-state index in [4.69, 9.17) is 23.7 Å². The van der Waals surface area contributed by atoms with Crippen molar-refractivity contribution in [2.45, 2.75) is 19.6 Å². The van der Waals surface area contributed by atoms with Crippen LogP contribution in [0.5, 0.6) is 0 Å². The molecule has 1 heterocycles. The van der Waals surface area contributed by atoms with Gasteiger partial charge in [-0.1, -0.05) is 0 Å². The third-order valence-corrected chi connectivity index (χ3v) is 2.13. The summed E-state index contributed by atoms with van der Waals surface area (Å²) in [5.41, 5.74) is 0. The Labute approximate surface area is 101 Å². The number of rotatable bonds is 10. The summed E-state index contributed by atoms with van der Waals surface area (Å²) in [5.74, 6) is 1.27. The fourth-order valence-corrected chi connectivity index (χ4v) is 1.28. The van der Waals surface area contributed by atoms with E-state index in [1.165, 1.54) is 0 Å². The Kier molecular flexibility index (Phi) is 7.66. The molecule has 0 saturated carbocycles. The van der Waals surface area contributed by atoms with Crippen molar-refractivity contribution in [1.29, 1.82) is 0 Å². The molecule has 0 aliphatic rings. The van der Waals surface area contributed by atoms with Crippen LogP contribution in [0.1, 0.15) is 17.9 Å². The van der Waals surface area contributed by atoms with Crippen LogP contribution >= 0.6 is 0 Å². The van der Waals surface area contributed by atoms with Crippen molar-refractivity contribution in [2.75, 3.05) is 33.5 Å². The molecule has 1 aromatic heterocycles. The topological polar surface area (TPSA) is 61.1 Å². The Balaban J connectivity index is 1.93. The van der Waals surface area contributed by atoms with E-state index >= 15 is 0 Å². The van der Waals surface area contributed by atoms with E-state index in [-0.39, 0.29) is 6.61 Å². The summed E-state index contributed by atoms with van der Waals surface area (Å²) < 4.78 is 20.8. The Bertz CT molecular complexity index is 284. The van der Waals surface area contributed by atoms with Crippen LogP contribution in [-0.2, 0) is 27.4 Å². The number of hydrogen-bond acceptors (Lipinski definition) is 5. The number of aliphatic hydroxyl groups excluding tert-OH is 1. The second-order valence-electron chi connectivity index (χ2n) is 3.54. The molecule has 0 amide bonds. The van der Waals surface area contributed by atoms with Crippen LogP contribution in [0.2, 0.25) is 0 Å². The van der Waals surface area contributed by atoms with Gasteiger partial charge in [0.1, 0.15) is 24.7 Å². The maximum Gasteiger partial charge on any atom is 0.129 e. The van der Waals surface area contributed by atoms with Gasteiger partial charge in [-0.05, 0) is 18.6 Å². The van der Waals surface area contributed by atoms with Gasteiger partial charge in [0.05, 0.1) is 13.2 Å². The van der Waals surface area contributed by atoms with E-state index < -0.39 is 0 Å². The molecule has 0 unspecified atom stereocenters. The van der Waals surface area contributed by atoms with Crippen molar-refractivity contribution in [1.82, 2.24) is 0 Å². The maximum atomic E-state index is 8.80. The summed E-state index contributed by atoms with van der Waals surface area (Å²) in [5, 5.41) is 8.80. The van der Waals surface area contributed by atoms with E-state index in [1.54, 1.807) is 19.2 Å². The van der Waals surface area contributed by atoms with E-state index in [2.05, 4.69) is 0 Å². The minimum absolute atomic E-state index is 0.0807. The molecule has 98 valence electrons. The molecule has 1 aromatic rings. The molecule has 0 fully saturated rings. The van der Waals surface area contributed by atoms with Crippen LogP contribution in [0.15, 0.2) is 16.5 Å². The van der Waals surface area contributed by atoms with E-state index in [1.807, 2.05) is 0 Å². The summed E-state index contributed by atoms with van der Waals surface area (Å²) >= 11 is 0. The van der Waals surface area contributed by atoms with Crippen molar-refractivity contribution in [3.63, 3.8) is 0 Å². The predicted molar refractivity (Wildman–Crippen MR) is 61.6 cm³/mol. The number of hydrogen-bond donors (Lipinski definition) is 1. The van der Waals surface area contributed by atoms with Crippen molar-refractivity contribution in [2.24, 2.45) is 0 Å². The standard InChI is InChI=1S/C12H20O5/c1-14-5-2-6-15-7-8-16-10-12-4-3-11(9-13)17-12/h3-4,13H,2,5-10H2,1H3. The zero-order valence-electron chi connectivity index (χ0n) is 10.2. The molecule has 0 spiro atoms. The van der Waals surface area contributed by atoms with Crippen molar-refractivity contribution < 1.29 is 23.7 Å². The normalized spacial score (nSPS) is 10.9. The molecule has 1 N–H and O–H groups in total. The molecular formula is C12H20O5. The molecule has 1 rings (SSSR count). The van der Waals surface area contributed by atoms with Crippen LogP contribution in [0, 0.1) is 0 Å². The quantitative estimate of drug-likeness (QED) is 0.629. The summed E-state index contributed by atoms with van der Waals surface area (Å²) in [6.45, 7) is 2.83. The first-order valence-electron chi connectivity index (χ1n) is 5.69. The van der Waals surface area contributed by atoms with Crippen LogP contribution in [-0.4, -0.2) is 38.6 Å². The average Bonchev–Trinajstić information content (AvgIpc) is 2.80. The summed E-state index contributed by atoms with van der Waals surface area (Å²) in [6.07, 6.45) is 0.897. The highest BCUT2D eigenvalue weighted by Crippen LogP contribution is 2.08. The largest absolute Gasteiger partial charge is 0.461 e. The van der Waals surface area contributed by atoms with Crippen LogP contribution in [0.3, 0.4) is 0 Å². The molecule has 0 bridgehead atoms. The van der Waals surface area contributed by atoms with Gasteiger partial charge in [0.15, 0.2) is 0 Å². The van der Waals surface area contributed by atoms with Crippen LogP contribution in [0.4, 0.5) is 0 Å². The SMILES string of the molecule is COCCCOCCOCc1ccc(CO)o1. The fraction of sp³-hybridized carbons (Fsp3) is 0.667. The van der Waals surface area contributed by atoms with E-state index in [0.717, 1.165) is 13.0 Å². The van der Waals surface area contributed by atoms with Gasteiger partial charge in [0.2, 0.25) is 0 Å². The zero-order chi connectivity index (χ0) is 12.3. The minimum Gasteiger partial charge on any atom is -0.461 e. The molecule has 0 aliphatic heterocycles. The Morgan fingerprint density at radius 2 is 1.82 bits per heavy atom. The van der Waals surface area contributed by atoms with Gasteiger partial charge in [0, 0.05) is 20.3 Å². The van der Waals surface area contributed by atoms with Gasteiger partial charge >= 0.3 is 0 Å². The highest BCUT2D eigenvalue weighted by molar-refractivity contribution is 5.05. The third kappa shape index (κ3) is 6.43. The third-order valence-electron chi connectivity index (χ3n) is 2.13. The molecule has 0 radical (unpaired) electrons. The van der Waals surface area contributed by atoms with E-state index in [0.29, 0.717) is 37.9 Å². The molecule has 5 heteroatoms. The first kappa shape index (κ1) is 14.2. The lowest BCUT2D eigenvalue weighted by Gasteiger charge is -2.04. The summed E-state index contributed by atoms with van der Waals surface area (Å²) in [4.78, 5) is 0. The van der Waals surface area contributed by atoms with Crippen LogP contribution < -0.4 is 0 Å². The molecule has 0 saturated heterocycles. The highest BCUT2D eigenvalue weighted by Gasteiger charge is 2.00. The Hall–Kier alpha value is -0.880. The second-order valence-corrected chi connectivity index (χ2v) is 3.54. The molecule has 5 nitrogen and oxygen atoms in total. The first-order valence-corrected chi connectivity index (χ1v) is 5.69. The summed E-state index contributed by atoms with van der Waals surface area (Å²) in [6, 6.07) is 3.53. The van der Waals surface area contributed by atoms with Gasteiger partial charge in [-0.15, -0.1) is 0 Å². The lowest BCUT2D eigenvalue weighted by molar-refractivity contribution is 0.0281. The molecular weight excluding hydrogens is 224 g/mol. The van der Waals surface area contributed by atoms with Gasteiger partial charge in [-0.25, -0.2) is 0 Å². The maximum absolute atomic E-state index is 8.80. The predicted octanol–water partition coefficient (Wildman–Crippen LogP) is 1.34. The molecule has 0 aromatic carbocycles. The highest BCUT2D eigenvalue weighted by atomic mass is 16.5. The zero-order valence-corrected chi connectivity index (χ0v) is 10.2. The Morgan fingerprint density at radius 1 is 1.06 bits per heavy atom. The fourth-order valence-electron chi connectivity index (χ4n) is 1.28. The van der Waals surface area contributed by atoms with Gasteiger partial charge in [0.25, 0.3) is 0 Å². The van der Waals surface area contributed by atoms with Crippen LogP contribution in [0.25, 0.3) is 0 Å². The van der Waals surface area contributed by atoms with Gasteiger partial charge in [-0.2, -0.15) is 0 Å². The summed E-state index contributed by atoms with van der Waals surface area (Å²) in [7, 11) is 1.67. The molecule has 17 heavy (non-hydrogen) atoms. The number of ether oxygens (including phenoxy) is 3. The van der Waals surface area contributed by atoms with Crippen molar-refractivity contribution in [3.8, 4) is 0 Å². The smallest absolute Gasteiger partial charge is 0.129 e. The van der Waals surface area contributed by atoms with Crippen molar-refractivity contribution >= 4 is 0 Å². The number of aliphatic hydroxyl groups is 1. The number of methoxy groups -OCH3 is 1. The van der Waals surface area contributed by atoms with Gasteiger partial charge in [-0.3, -0.25) is 0 Å². The lowest BCUT2D eigenvalue weighted by Crippen LogP contribution is -2.06. The van der Waals surface area contributed by atoms with Crippen molar-refractivity contribution in [3.05, 3.63) is 23.7 Å². The second kappa shape index (κ2) is 9.18. The number of furan rings is 1. The average molecular weight is 244 g/mol. The minimum atomic E-state index is -0.0807. The van der Waals surface area contributed by atoms with E-state index in [9.17, 15) is 0 Å². The van der Waals surface area contributed by atoms with Gasteiger partial charge < -0.3 is 23.7 Å².